The Labute approximate surface area is 135 Å². The maximum absolute atomic E-state index is 12.2. The van der Waals surface area contributed by atoms with Gasteiger partial charge in [-0.2, -0.15) is 0 Å². The van der Waals surface area contributed by atoms with Crippen LogP contribution in [0.2, 0.25) is 0 Å². The quantitative estimate of drug-likeness (QED) is 0.885. The zero-order valence-corrected chi connectivity index (χ0v) is 13.4. The Morgan fingerprint density at radius 1 is 1.43 bits per heavy atom. The van der Waals surface area contributed by atoms with Crippen LogP contribution in [0.1, 0.15) is 31.6 Å². The molecule has 5 nitrogen and oxygen atoms in total. The SMILES string of the molecule is CCOc1cc2c(cc1NC(=O)CCc1ccco1)O[C@@H](C)C2. The van der Waals surface area contributed by atoms with E-state index in [9.17, 15) is 4.79 Å². The molecule has 0 bridgehead atoms. The fourth-order valence-corrected chi connectivity index (χ4v) is 2.72. The second-order valence-electron chi connectivity index (χ2n) is 5.65. The molecule has 1 amide bonds. The molecule has 2 aromatic rings. The number of amides is 1. The van der Waals surface area contributed by atoms with Crippen LogP contribution in [-0.4, -0.2) is 18.6 Å². The van der Waals surface area contributed by atoms with Crippen molar-refractivity contribution in [3.63, 3.8) is 0 Å². The van der Waals surface area contributed by atoms with E-state index in [-0.39, 0.29) is 12.0 Å². The average Bonchev–Trinajstić information content (AvgIpc) is 3.14. The van der Waals surface area contributed by atoms with Crippen LogP contribution in [0.5, 0.6) is 11.5 Å². The summed E-state index contributed by atoms with van der Waals surface area (Å²) in [5.41, 5.74) is 1.78. The van der Waals surface area contributed by atoms with Gasteiger partial charge in [0, 0.05) is 30.9 Å². The summed E-state index contributed by atoms with van der Waals surface area (Å²) in [6.07, 6.45) is 3.56. The number of furan rings is 1. The van der Waals surface area contributed by atoms with E-state index in [0.29, 0.717) is 30.9 Å². The van der Waals surface area contributed by atoms with Crippen molar-refractivity contribution in [1.82, 2.24) is 0 Å². The highest BCUT2D eigenvalue weighted by molar-refractivity contribution is 5.92. The second kappa shape index (κ2) is 6.77. The number of anilines is 1. The fraction of sp³-hybridized carbons (Fsp3) is 0.389. The number of hydrogen-bond acceptors (Lipinski definition) is 4. The Hall–Kier alpha value is -2.43. The van der Waals surface area contributed by atoms with Gasteiger partial charge in [0.1, 0.15) is 23.4 Å². The highest BCUT2D eigenvalue weighted by Crippen LogP contribution is 2.38. The van der Waals surface area contributed by atoms with Crippen LogP contribution in [0, 0.1) is 0 Å². The normalized spacial score (nSPS) is 15.8. The minimum absolute atomic E-state index is 0.0756. The molecule has 0 spiro atoms. The topological polar surface area (TPSA) is 60.7 Å². The first kappa shape index (κ1) is 15.5. The molecular weight excluding hydrogens is 294 g/mol. The van der Waals surface area contributed by atoms with Crippen LogP contribution in [0.3, 0.4) is 0 Å². The number of aryl methyl sites for hydroxylation is 1. The Morgan fingerprint density at radius 2 is 2.30 bits per heavy atom. The second-order valence-corrected chi connectivity index (χ2v) is 5.65. The molecule has 0 radical (unpaired) electrons. The first-order valence-corrected chi connectivity index (χ1v) is 7.94. The molecule has 1 aromatic carbocycles. The summed E-state index contributed by atoms with van der Waals surface area (Å²) in [6.45, 7) is 4.50. The van der Waals surface area contributed by atoms with Crippen molar-refractivity contribution in [2.75, 3.05) is 11.9 Å². The van der Waals surface area contributed by atoms with Gasteiger partial charge in [0.2, 0.25) is 5.91 Å². The van der Waals surface area contributed by atoms with Gasteiger partial charge in [-0.25, -0.2) is 0 Å². The fourth-order valence-electron chi connectivity index (χ4n) is 2.72. The molecule has 1 aliphatic heterocycles. The van der Waals surface area contributed by atoms with Crippen molar-refractivity contribution >= 4 is 11.6 Å². The summed E-state index contributed by atoms with van der Waals surface area (Å²) in [6, 6.07) is 7.50. The van der Waals surface area contributed by atoms with Crippen LogP contribution in [0.25, 0.3) is 0 Å². The van der Waals surface area contributed by atoms with Crippen LogP contribution < -0.4 is 14.8 Å². The van der Waals surface area contributed by atoms with Crippen LogP contribution >= 0.6 is 0 Å². The first-order valence-electron chi connectivity index (χ1n) is 7.94. The molecule has 2 heterocycles. The number of fused-ring (bicyclic) bond motifs is 1. The average molecular weight is 315 g/mol. The van der Waals surface area contributed by atoms with Crippen molar-refractivity contribution < 1.29 is 18.7 Å². The number of hydrogen-bond donors (Lipinski definition) is 1. The van der Waals surface area contributed by atoms with Gasteiger partial charge in [-0.3, -0.25) is 4.79 Å². The summed E-state index contributed by atoms with van der Waals surface area (Å²) < 4.78 is 16.7. The van der Waals surface area contributed by atoms with Gasteiger partial charge in [0.15, 0.2) is 0 Å². The summed E-state index contributed by atoms with van der Waals surface area (Å²) in [4.78, 5) is 12.2. The molecule has 122 valence electrons. The molecule has 23 heavy (non-hydrogen) atoms. The molecule has 1 N–H and O–H groups in total. The summed E-state index contributed by atoms with van der Waals surface area (Å²) in [7, 11) is 0. The smallest absolute Gasteiger partial charge is 0.224 e. The highest BCUT2D eigenvalue weighted by atomic mass is 16.5. The number of nitrogens with one attached hydrogen (secondary N) is 1. The van der Waals surface area contributed by atoms with E-state index in [2.05, 4.69) is 5.32 Å². The minimum Gasteiger partial charge on any atom is -0.492 e. The molecule has 3 rings (SSSR count). The van der Waals surface area contributed by atoms with Crippen molar-refractivity contribution in [1.29, 1.82) is 0 Å². The van der Waals surface area contributed by atoms with Crippen molar-refractivity contribution in [3.8, 4) is 11.5 Å². The Kier molecular flexibility index (Phi) is 4.55. The molecule has 1 aliphatic rings. The van der Waals surface area contributed by atoms with E-state index in [1.165, 1.54) is 0 Å². The predicted molar refractivity (Wildman–Crippen MR) is 87.1 cm³/mol. The molecular formula is C18H21NO4. The molecule has 5 heteroatoms. The van der Waals surface area contributed by atoms with E-state index < -0.39 is 0 Å². The van der Waals surface area contributed by atoms with E-state index >= 15 is 0 Å². The highest BCUT2D eigenvalue weighted by Gasteiger charge is 2.22. The lowest BCUT2D eigenvalue weighted by Crippen LogP contribution is -2.13. The largest absolute Gasteiger partial charge is 0.492 e. The molecule has 0 fully saturated rings. The van der Waals surface area contributed by atoms with Crippen LogP contribution in [0.4, 0.5) is 5.69 Å². The lowest BCUT2D eigenvalue weighted by atomic mass is 10.1. The standard InChI is InChI=1S/C18H21NO4/c1-3-21-17-10-13-9-12(2)23-16(13)11-15(17)19-18(20)7-6-14-5-4-8-22-14/h4-5,8,10-12H,3,6-7,9H2,1-2H3,(H,19,20)/t12-/m0/s1. The van der Waals surface area contributed by atoms with Crippen molar-refractivity contribution in [3.05, 3.63) is 41.9 Å². The summed E-state index contributed by atoms with van der Waals surface area (Å²) in [5.74, 6) is 2.24. The third-order valence-corrected chi connectivity index (χ3v) is 3.75. The zero-order valence-electron chi connectivity index (χ0n) is 13.4. The van der Waals surface area contributed by atoms with E-state index in [1.54, 1.807) is 6.26 Å². The third-order valence-electron chi connectivity index (χ3n) is 3.75. The Morgan fingerprint density at radius 3 is 3.04 bits per heavy atom. The Balaban J connectivity index is 1.70. The van der Waals surface area contributed by atoms with Gasteiger partial charge >= 0.3 is 0 Å². The van der Waals surface area contributed by atoms with E-state index in [4.69, 9.17) is 13.9 Å². The molecule has 0 saturated carbocycles. The first-order chi connectivity index (χ1) is 11.2. The van der Waals surface area contributed by atoms with Gasteiger partial charge in [0.05, 0.1) is 18.6 Å². The van der Waals surface area contributed by atoms with E-state index in [1.807, 2.05) is 38.1 Å². The summed E-state index contributed by atoms with van der Waals surface area (Å²) in [5, 5.41) is 2.92. The monoisotopic (exact) mass is 315 g/mol. The third kappa shape index (κ3) is 3.67. The zero-order chi connectivity index (χ0) is 16.2. The minimum atomic E-state index is -0.0756. The molecule has 1 aromatic heterocycles. The lowest BCUT2D eigenvalue weighted by Gasteiger charge is -2.13. The van der Waals surface area contributed by atoms with Gasteiger partial charge < -0.3 is 19.2 Å². The van der Waals surface area contributed by atoms with Crippen molar-refractivity contribution in [2.45, 2.75) is 39.2 Å². The van der Waals surface area contributed by atoms with E-state index in [0.717, 1.165) is 23.5 Å². The number of carbonyl (C=O) groups is 1. The Bertz CT molecular complexity index is 679. The molecule has 0 aliphatic carbocycles. The predicted octanol–water partition coefficient (Wildman–Crippen LogP) is 3.57. The van der Waals surface area contributed by atoms with Crippen LogP contribution in [-0.2, 0) is 17.6 Å². The molecule has 0 saturated heterocycles. The number of rotatable bonds is 6. The number of ether oxygens (including phenoxy) is 2. The molecule has 1 atom stereocenters. The van der Waals surface area contributed by atoms with Gasteiger partial charge in [-0.05, 0) is 32.0 Å². The van der Waals surface area contributed by atoms with Gasteiger partial charge in [0.25, 0.3) is 0 Å². The van der Waals surface area contributed by atoms with Gasteiger partial charge in [-0.1, -0.05) is 0 Å². The number of carbonyl (C=O) groups excluding carboxylic acids is 1. The summed E-state index contributed by atoms with van der Waals surface area (Å²) >= 11 is 0. The lowest BCUT2D eigenvalue weighted by molar-refractivity contribution is -0.116. The number of benzene rings is 1. The maximum Gasteiger partial charge on any atom is 0.224 e. The van der Waals surface area contributed by atoms with Gasteiger partial charge in [-0.15, -0.1) is 0 Å². The molecule has 0 unspecified atom stereocenters. The maximum atomic E-state index is 12.2. The van der Waals surface area contributed by atoms with Crippen LogP contribution in [0.15, 0.2) is 34.9 Å². The van der Waals surface area contributed by atoms with Crippen molar-refractivity contribution in [2.24, 2.45) is 0 Å².